The van der Waals surface area contributed by atoms with Gasteiger partial charge in [-0.25, -0.2) is 18.4 Å². The number of para-hydroxylation sites is 2. The van der Waals surface area contributed by atoms with Gasteiger partial charge in [-0.05, 0) is 48.5 Å². The second kappa shape index (κ2) is 20.4. The maximum Gasteiger partial charge on any atom is 0.323 e. The minimum atomic E-state index is -0.774. The van der Waals surface area contributed by atoms with E-state index in [-0.39, 0.29) is 99.2 Å². The maximum atomic E-state index is 13.6. The summed E-state index contributed by atoms with van der Waals surface area (Å²) in [6.45, 7) is 2.94. The van der Waals surface area contributed by atoms with Crippen LogP contribution in [0.5, 0.6) is 11.5 Å². The lowest BCUT2D eigenvalue weighted by Gasteiger charge is -2.43. The summed E-state index contributed by atoms with van der Waals surface area (Å²) in [6.07, 6.45) is 0. The summed E-state index contributed by atoms with van der Waals surface area (Å²) in [5.41, 5.74) is 0.665. The van der Waals surface area contributed by atoms with Crippen molar-refractivity contribution >= 4 is 81.6 Å². The van der Waals surface area contributed by atoms with Gasteiger partial charge in [0.05, 0.1) is 76.3 Å². The fourth-order valence-corrected chi connectivity index (χ4v) is 8.03. The number of anilines is 4. The van der Waals surface area contributed by atoms with Crippen LogP contribution in [-0.4, -0.2) is 145 Å². The first kappa shape index (κ1) is 46.3. The van der Waals surface area contributed by atoms with E-state index < -0.39 is 35.4 Å². The monoisotopic (exact) mass is 938 g/mol. The Hall–Kier alpha value is -6.74. The molecule has 18 nitrogen and oxygen atoms in total. The Balaban J connectivity index is 0.000000194. The van der Waals surface area contributed by atoms with Crippen molar-refractivity contribution in [1.82, 2.24) is 19.6 Å². The van der Waals surface area contributed by atoms with Crippen molar-refractivity contribution in [3.05, 3.63) is 106 Å². The van der Waals surface area contributed by atoms with Crippen molar-refractivity contribution < 1.29 is 56.9 Å². The minimum Gasteiger partial charge on any atom is -0.505 e. The Morgan fingerprint density at radius 2 is 1.05 bits per heavy atom. The zero-order valence-electron chi connectivity index (χ0n) is 34.6. The quantitative estimate of drug-likeness (QED) is 0.151. The normalized spacial score (nSPS) is 18.0. The predicted octanol–water partition coefficient (Wildman–Crippen LogP) is 5.33. The van der Waals surface area contributed by atoms with Gasteiger partial charge in [-0.3, -0.25) is 19.2 Å². The summed E-state index contributed by atoms with van der Waals surface area (Å²) in [5.74, 6) is -2.48. The zero-order chi connectivity index (χ0) is 46.4. The summed E-state index contributed by atoms with van der Waals surface area (Å²) in [7, 11) is 1.39. The van der Waals surface area contributed by atoms with Crippen LogP contribution in [0, 0.1) is 11.6 Å². The first-order valence-corrected chi connectivity index (χ1v) is 20.9. The number of rotatable bonds is 7. The smallest absolute Gasteiger partial charge is 0.323 e. The van der Waals surface area contributed by atoms with Crippen LogP contribution in [0.2, 0.25) is 10.0 Å². The molecule has 4 saturated heterocycles. The van der Waals surface area contributed by atoms with E-state index in [1.54, 1.807) is 32.9 Å². The number of morpholine rings is 2. The van der Waals surface area contributed by atoms with E-state index >= 15 is 0 Å². The molecule has 0 radical (unpaired) electrons. The number of fused-ring (bicyclic) bond motifs is 2. The number of methoxy groups -OCH3 is 1. The number of hydrogen-bond donors (Lipinski definition) is 5. The van der Waals surface area contributed by atoms with Crippen molar-refractivity contribution in [3.63, 3.8) is 0 Å². The molecule has 4 aliphatic heterocycles. The molecule has 22 heteroatoms. The Kier molecular flexibility index (Phi) is 14.5. The number of ether oxygens (including phenoxy) is 3. The van der Waals surface area contributed by atoms with Crippen molar-refractivity contribution in [2.45, 2.75) is 12.1 Å². The largest absolute Gasteiger partial charge is 0.505 e. The van der Waals surface area contributed by atoms with E-state index in [0.29, 0.717) is 45.9 Å². The highest BCUT2D eigenvalue weighted by molar-refractivity contribution is 6.34. The van der Waals surface area contributed by atoms with Crippen molar-refractivity contribution in [2.75, 3.05) is 94.1 Å². The summed E-state index contributed by atoms with van der Waals surface area (Å²) in [4.78, 5) is 81.6. The molecule has 2 atom stereocenters. The van der Waals surface area contributed by atoms with Crippen LogP contribution in [0.15, 0.2) is 72.8 Å². The number of urea groups is 2. The molecule has 0 spiro atoms. The van der Waals surface area contributed by atoms with Crippen LogP contribution in [0.3, 0.4) is 0 Å². The molecule has 65 heavy (non-hydrogen) atoms. The molecule has 8 amide bonds. The highest BCUT2D eigenvalue weighted by atomic mass is 35.5. The molecule has 4 heterocycles. The first-order chi connectivity index (χ1) is 31.2. The number of nitrogens with one attached hydrogen (secondary N) is 4. The van der Waals surface area contributed by atoms with Crippen molar-refractivity contribution in [2.24, 2.45) is 0 Å². The molecule has 0 unspecified atom stereocenters. The number of piperazine rings is 2. The number of benzene rings is 4. The molecule has 4 fully saturated rings. The fraction of sp³-hybridized carbons (Fsp3) is 0.302. The summed E-state index contributed by atoms with van der Waals surface area (Å²) in [5, 5.41) is 20.1. The number of hydrogen-bond acceptors (Lipinski definition) is 10. The highest BCUT2D eigenvalue weighted by Crippen LogP contribution is 2.33. The average molecular weight is 940 g/mol. The third kappa shape index (κ3) is 10.5. The van der Waals surface area contributed by atoms with Crippen LogP contribution in [0.25, 0.3) is 0 Å². The Morgan fingerprint density at radius 1 is 0.631 bits per heavy atom. The second-order valence-electron chi connectivity index (χ2n) is 15.0. The van der Waals surface area contributed by atoms with Gasteiger partial charge < -0.3 is 60.2 Å². The highest BCUT2D eigenvalue weighted by Gasteiger charge is 2.38. The SMILES string of the molecule is COc1c(NC(=O)Nc2cccc(F)c2Cl)cccc1C(=O)N1CCN2C(=O)COC[C@H]2C1.O=C(Nc1cccc(C(=O)N2CCN3C(=O)COC[C@H]3C2)c1O)Nc1cccc(F)c1Cl. The summed E-state index contributed by atoms with van der Waals surface area (Å²) in [6, 6.07) is 15.3. The van der Waals surface area contributed by atoms with E-state index in [0.717, 1.165) is 6.07 Å². The molecule has 0 aliphatic carbocycles. The first-order valence-electron chi connectivity index (χ1n) is 20.1. The molecule has 342 valence electrons. The number of aromatic hydroxyl groups is 1. The van der Waals surface area contributed by atoms with Crippen LogP contribution >= 0.6 is 23.2 Å². The standard InChI is InChI=1S/C22H22ClFN4O5.C21H20ClFN4O5/c1-32-20-14(21(30)27-8-9-28-13(10-27)11-33-12-18(28)29)4-2-7-17(20)26-22(31)25-16-6-3-5-15(24)19(16)23;22-18-14(23)4-2-5-15(18)24-21(31)25-16-6-1-3-13(19(16)29)20(30)26-7-8-27-12(9-26)10-32-11-17(27)28/h2-7,13H,8-12H2,1H3,(H2,25,26,31);1-6,12,29H,7-11H2,(H2,24,25,31)/t13-;12-/m11/s1. The van der Waals surface area contributed by atoms with E-state index in [2.05, 4.69) is 21.3 Å². The van der Waals surface area contributed by atoms with Gasteiger partial charge in [0.15, 0.2) is 11.5 Å². The summed E-state index contributed by atoms with van der Waals surface area (Å²) >= 11 is 11.7. The van der Waals surface area contributed by atoms with E-state index in [1.165, 1.54) is 60.5 Å². The van der Waals surface area contributed by atoms with Gasteiger partial charge in [0.25, 0.3) is 11.8 Å². The number of phenols is 1. The van der Waals surface area contributed by atoms with E-state index in [4.69, 9.17) is 37.4 Å². The number of nitrogens with zero attached hydrogens (tertiary/aromatic N) is 4. The number of halogens is 4. The number of phenolic OH excluding ortho intramolecular Hbond substituents is 1. The second-order valence-corrected chi connectivity index (χ2v) is 15.7. The number of carbonyl (C=O) groups excluding carboxylic acids is 6. The molecular weight excluding hydrogens is 897 g/mol. The minimum absolute atomic E-state index is 0.00286. The molecule has 0 saturated carbocycles. The van der Waals surface area contributed by atoms with Gasteiger partial charge in [0.1, 0.15) is 24.8 Å². The number of amides is 8. The lowest BCUT2D eigenvalue weighted by atomic mass is 10.1. The zero-order valence-corrected chi connectivity index (χ0v) is 36.1. The van der Waals surface area contributed by atoms with Gasteiger partial charge >= 0.3 is 12.1 Å². The van der Waals surface area contributed by atoms with Gasteiger partial charge in [-0.15, -0.1) is 0 Å². The molecule has 4 aliphatic rings. The van der Waals surface area contributed by atoms with Gasteiger partial charge in [-0.1, -0.05) is 47.5 Å². The van der Waals surface area contributed by atoms with Crippen molar-refractivity contribution in [3.8, 4) is 11.5 Å². The Morgan fingerprint density at radius 3 is 1.55 bits per heavy atom. The van der Waals surface area contributed by atoms with Crippen LogP contribution in [-0.2, 0) is 19.1 Å². The Bertz CT molecular complexity index is 2520. The summed E-state index contributed by atoms with van der Waals surface area (Å²) < 4.78 is 43.2. The fourth-order valence-electron chi connectivity index (χ4n) is 7.69. The van der Waals surface area contributed by atoms with Gasteiger partial charge in [0.2, 0.25) is 11.8 Å². The maximum absolute atomic E-state index is 13.6. The molecule has 4 aromatic rings. The Labute approximate surface area is 380 Å². The van der Waals surface area contributed by atoms with Crippen LogP contribution in [0.4, 0.5) is 41.1 Å². The molecule has 0 bridgehead atoms. The van der Waals surface area contributed by atoms with Crippen LogP contribution < -0.4 is 26.0 Å². The van der Waals surface area contributed by atoms with E-state index in [9.17, 15) is 42.7 Å². The lowest BCUT2D eigenvalue weighted by Crippen LogP contribution is -2.61. The molecule has 4 aromatic carbocycles. The molecular formula is C43H42Cl2F2N8O10. The topological polar surface area (TPSA) is 211 Å². The van der Waals surface area contributed by atoms with Gasteiger partial charge in [-0.2, -0.15) is 0 Å². The van der Waals surface area contributed by atoms with E-state index in [1.807, 2.05) is 0 Å². The van der Waals surface area contributed by atoms with Crippen LogP contribution in [0.1, 0.15) is 20.7 Å². The predicted molar refractivity (Wildman–Crippen MR) is 234 cm³/mol. The molecule has 0 aromatic heterocycles. The number of carbonyl (C=O) groups is 6. The van der Waals surface area contributed by atoms with Gasteiger partial charge in [0, 0.05) is 39.3 Å². The average Bonchev–Trinajstić information content (AvgIpc) is 3.29. The third-order valence-corrected chi connectivity index (χ3v) is 11.6. The molecule has 5 N–H and O–H groups in total. The molecule has 8 rings (SSSR count). The third-order valence-electron chi connectivity index (χ3n) is 10.9. The lowest BCUT2D eigenvalue weighted by molar-refractivity contribution is -0.152. The van der Waals surface area contributed by atoms with Crippen molar-refractivity contribution in [1.29, 1.82) is 0 Å².